The van der Waals surface area contributed by atoms with Crippen molar-refractivity contribution in [2.45, 2.75) is 45.6 Å². The van der Waals surface area contributed by atoms with Crippen molar-refractivity contribution in [3.05, 3.63) is 0 Å². The zero-order valence-corrected chi connectivity index (χ0v) is 12.4. The van der Waals surface area contributed by atoms with Gasteiger partial charge in [0.2, 0.25) is 5.91 Å². The fraction of sp³-hybridized carbons (Fsp3) is 0.857. The Kier molecular flexibility index (Phi) is 7.36. The van der Waals surface area contributed by atoms with E-state index in [1.54, 1.807) is 11.8 Å². The number of ether oxygens (including phenoxy) is 1. The summed E-state index contributed by atoms with van der Waals surface area (Å²) < 4.78 is 4.95. The molecule has 0 bridgehead atoms. The Morgan fingerprint density at radius 1 is 1.45 bits per heavy atom. The van der Waals surface area contributed by atoms with Crippen molar-refractivity contribution in [3.8, 4) is 0 Å². The molecule has 1 saturated heterocycles. The van der Waals surface area contributed by atoms with Gasteiger partial charge in [0.1, 0.15) is 0 Å². The van der Waals surface area contributed by atoms with Gasteiger partial charge in [-0.05, 0) is 26.2 Å². The number of aliphatic hydroxyl groups is 1. The fourth-order valence-corrected chi connectivity index (χ4v) is 2.37. The molecule has 6 heteroatoms. The van der Waals surface area contributed by atoms with Gasteiger partial charge in [-0.15, -0.1) is 0 Å². The number of rotatable bonds is 6. The molecule has 0 radical (unpaired) electrons. The summed E-state index contributed by atoms with van der Waals surface area (Å²) in [7, 11) is 0. The number of hydrogen-bond donors (Lipinski definition) is 2. The van der Waals surface area contributed by atoms with E-state index in [4.69, 9.17) is 4.74 Å². The summed E-state index contributed by atoms with van der Waals surface area (Å²) in [6.45, 7) is 5.41. The average Bonchev–Trinajstić information content (AvgIpc) is 2.45. The molecule has 1 rings (SSSR count). The average molecular weight is 286 g/mol. The van der Waals surface area contributed by atoms with Gasteiger partial charge < -0.3 is 20.1 Å². The first-order valence-corrected chi connectivity index (χ1v) is 7.45. The number of amides is 2. The van der Waals surface area contributed by atoms with Crippen LogP contribution in [0.2, 0.25) is 0 Å². The van der Waals surface area contributed by atoms with Crippen LogP contribution in [0.25, 0.3) is 0 Å². The lowest BCUT2D eigenvalue weighted by Gasteiger charge is -2.31. The minimum absolute atomic E-state index is 0.0887. The lowest BCUT2D eigenvalue weighted by molar-refractivity contribution is -0.126. The molecule has 0 spiro atoms. The molecule has 2 atom stereocenters. The smallest absolute Gasteiger partial charge is 0.409 e. The highest BCUT2D eigenvalue weighted by molar-refractivity contribution is 5.80. The zero-order chi connectivity index (χ0) is 15.0. The third-order valence-corrected chi connectivity index (χ3v) is 3.45. The highest BCUT2D eigenvalue weighted by Gasteiger charge is 2.29. The first-order chi connectivity index (χ1) is 9.58. The minimum Gasteiger partial charge on any atom is -0.450 e. The number of nitrogens with one attached hydrogen (secondary N) is 1. The first kappa shape index (κ1) is 16.8. The lowest BCUT2D eigenvalue weighted by Crippen LogP contribution is -2.46. The number of piperidine rings is 1. The SMILES string of the molecule is CCC[C@H](O)CNC(=O)[C@H]1CCCN(C(=O)OCC)C1. The van der Waals surface area contributed by atoms with E-state index in [-0.39, 0.29) is 24.5 Å². The molecular weight excluding hydrogens is 260 g/mol. The van der Waals surface area contributed by atoms with Gasteiger partial charge in [0, 0.05) is 19.6 Å². The molecule has 0 aromatic heterocycles. The van der Waals surface area contributed by atoms with Crippen molar-refractivity contribution in [2.24, 2.45) is 5.92 Å². The largest absolute Gasteiger partial charge is 0.450 e. The van der Waals surface area contributed by atoms with Crippen LogP contribution < -0.4 is 5.32 Å². The molecule has 2 amide bonds. The highest BCUT2D eigenvalue weighted by atomic mass is 16.6. The van der Waals surface area contributed by atoms with Crippen LogP contribution in [0.5, 0.6) is 0 Å². The molecule has 0 aliphatic carbocycles. The Labute approximate surface area is 120 Å². The van der Waals surface area contributed by atoms with Crippen LogP contribution in [-0.2, 0) is 9.53 Å². The van der Waals surface area contributed by atoms with Crippen molar-refractivity contribution in [3.63, 3.8) is 0 Å². The van der Waals surface area contributed by atoms with Gasteiger partial charge in [0.25, 0.3) is 0 Å². The highest BCUT2D eigenvalue weighted by Crippen LogP contribution is 2.17. The van der Waals surface area contributed by atoms with Crippen LogP contribution in [-0.4, -0.2) is 54.4 Å². The second-order valence-electron chi connectivity index (χ2n) is 5.17. The van der Waals surface area contributed by atoms with Crippen molar-refractivity contribution < 1.29 is 19.4 Å². The predicted octanol–water partition coefficient (Wildman–Crippen LogP) is 1.13. The number of carbonyl (C=O) groups excluding carboxylic acids is 2. The number of nitrogens with zero attached hydrogens (tertiary/aromatic N) is 1. The van der Waals surface area contributed by atoms with E-state index in [1.165, 1.54) is 0 Å². The second-order valence-corrected chi connectivity index (χ2v) is 5.17. The van der Waals surface area contributed by atoms with Gasteiger partial charge >= 0.3 is 6.09 Å². The molecule has 6 nitrogen and oxygen atoms in total. The lowest BCUT2D eigenvalue weighted by atomic mass is 9.97. The molecule has 1 aliphatic heterocycles. The molecule has 2 N–H and O–H groups in total. The molecular formula is C14H26N2O4. The van der Waals surface area contributed by atoms with Crippen LogP contribution in [0.1, 0.15) is 39.5 Å². The number of likely N-dealkylation sites (tertiary alicyclic amines) is 1. The van der Waals surface area contributed by atoms with Crippen molar-refractivity contribution in [2.75, 3.05) is 26.2 Å². The van der Waals surface area contributed by atoms with Gasteiger partial charge in [-0.25, -0.2) is 4.79 Å². The maximum Gasteiger partial charge on any atom is 0.409 e. The molecule has 116 valence electrons. The normalized spacial score (nSPS) is 20.4. The molecule has 0 saturated carbocycles. The van der Waals surface area contributed by atoms with Crippen LogP contribution in [0, 0.1) is 5.92 Å². The Hall–Kier alpha value is -1.30. The van der Waals surface area contributed by atoms with Gasteiger partial charge in [-0.3, -0.25) is 4.79 Å². The molecule has 1 aliphatic rings. The van der Waals surface area contributed by atoms with E-state index in [0.29, 0.717) is 26.1 Å². The monoisotopic (exact) mass is 286 g/mol. The van der Waals surface area contributed by atoms with Gasteiger partial charge in [0.15, 0.2) is 0 Å². The predicted molar refractivity (Wildman–Crippen MR) is 75.2 cm³/mol. The van der Waals surface area contributed by atoms with Crippen LogP contribution >= 0.6 is 0 Å². The molecule has 0 unspecified atom stereocenters. The standard InChI is InChI=1S/C14H26N2O4/c1-3-6-12(17)9-15-13(18)11-7-5-8-16(10-11)14(19)20-4-2/h11-12,17H,3-10H2,1-2H3,(H,15,18)/t11-,12-/m0/s1. The van der Waals surface area contributed by atoms with E-state index >= 15 is 0 Å². The quantitative estimate of drug-likeness (QED) is 0.767. The molecule has 20 heavy (non-hydrogen) atoms. The summed E-state index contributed by atoms with van der Waals surface area (Å²) in [6, 6.07) is 0. The van der Waals surface area contributed by atoms with E-state index in [9.17, 15) is 14.7 Å². The van der Waals surface area contributed by atoms with Crippen LogP contribution in [0.15, 0.2) is 0 Å². The minimum atomic E-state index is -0.492. The maximum absolute atomic E-state index is 12.0. The van der Waals surface area contributed by atoms with Crippen molar-refractivity contribution in [1.29, 1.82) is 0 Å². The third-order valence-electron chi connectivity index (χ3n) is 3.45. The van der Waals surface area contributed by atoms with Crippen molar-refractivity contribution >= 4 is 12.0 Å². The topological polar surface area (TPSA) is 78.9 Å². The van der Waals surface area contributed by atoms with Crippen molar-refractivity contribution in [1.82, 2.24) is 10.2 Å². The Bertz CT molecular complexity index is 322. The number of aliphatic hydroxyl groups excluding tert-OH is 1. The summed E-state index contributed by atoms with van der Waals surface area (Å²) in [5.41, 5.74) is 0. The fourth-order valence-electron chi connectivity index (χ4n) is 2.37. The summed E-state index contributed by atoms with van der Waals surface area (Å²) in [5.74, 6) is -0.295. The van der Waals surface area contributed by atoms with E-state index in [0.717, 1.165) is 19.3 Å². The molecule has 0 aromatic carbocycles. The Morgan fingerprint density at radius 3 is 2.85 bits per heavy atom. The van der Waals surface area contributed by atoms with E-state index in [1.807, 2.05) is 6.92 Å². The third kappa shape index (κ3) is 5.36. The Balaban J connectivity index is 2.38. The van der Waals surface area contributed by atoms with Crippen LogP contribution in [0.3, 0.4) is 0 Å². The maximum atomic E-state index is 12.0. The Morgan fingerprint density at radius 2 is 2.20 bits per heavy atom. The number of carbonyl (C=O) groups is 2. The first-order valence-electron chi connectivity index (χ1n) is 7.45. The summed E-state index contributed by atoms with van der Waals surface area (Å²) in [5, 5.41) is 12.4. The van der Waals surface area contributed by atoms with E-state index < -0.39 is 6.10 Å². The number of hydrogen-bond acceptors (Lipinski definition) is 4. The van der Waals surface area contributed by atoms with Gasteiger partial charge in [0.05, 0.1) is 18.6 Å². The molecule has 0 aromatic rings. The van der Waals surface area contributed by atoms with E-state index in [2.05, 4.69) is 5.32 Å². The summed E-state index contributed by atoms with van der Waals surface area (Å²) in [6.07, 6.45) is 2.29. The van der Waals surface area contributed by atoms with Gasteiger partial charge in [-0.1, -0.05) is 13.3 Å². The second kappa shape index (κ2) is 8.79. The molecule has 1 heterocycles. The summed E-state index contributed by atoms with van der Waals surface area (Å²) in [4.78, 5) is 25.3. The summed E-state index contributed by atoms with van der Waals surface area (Å²) >= 11 is 0. The molecule has 1 fully saturated rings. The zero-order valence-electron chi connectivity index (χ0n) is 12.4. The van der Waals surface area contributed by atoms with Crippen LogP contribution in [0.4, 0.5) is 4.79 Å². The van der Waals surface area contributed by atoms with Gasteiger partial charge in [-0.2, -0.15) is 0 Å².